The van der Waals surface area contributed by atoms with E-state index >= 15 is 0 Å². The van der Waals surface area contributed by atoms with Crippen LogP contribution >= 0.6 is 0 Å². The van der Waals surface area contributed by atoms with Gasteiger partial charge in [-0.1, -0.05) is 24.3 Å². The van der Waals surface area contributed by atoms with Gasteiger partial charge in [-0.3, -0.25) is 0 Å². The molecule has 0 aliphatic carbocycles. The lowest BCUT2D eigenvalue weighted by atomic mass is 10.0. The molecule has 0 amide bonds. The molecule has 0 fully saturated rings. The van der Waals surface area contributed by atoms with Crippen molar-refractivity contribution < 1.29 is 5.11 Å². The summed E-state index contributed by atoms with van der Waals surface area (Å²) in [5.41, 5.74) is 5.14. The van der Waals surface area contributed by atoms with Crippen LogP contribution < -0.4 is 0 Å². The van der Waals surface area contributed by atoms with Crippen LogP contribution in [0.25, 0.3) is 16.8 Å². The highest BCUT2D eigenvalue weighted by molar-refractivity contribution is 5.79. The molecule has 0 atom stereocenters. The number of aromatic nitrogens is 1. The van der Waals surface area contributed by atoms with Crippen LogP contribution in [-0.4, -0.2) is 28.5 Å². The number of hydrogen-bond donors (Lipinski definition) is 1. The Morgan fingerprint density at radius 2 is 2.00 bits per heavy atom. The van der Waals surface area contributed by atoms with E-state index in [0.29, 0.717) is 11.1 Å². The molecule has 1 aromatic carbocycles. The fourth-order valence-corrected chi connectivity index (χ4v) is 3.03. The van der Waals surface area contributed by atoms with Crippen LogP contribution in [0.2, 0.25) is 0 Å². The molecule has 0 radical (unpaired) electrons. The van der Waals surface area contributed by atoms with Gasteiger partial charge < -0.3 is 14.4 Å². The predicted molar refractivity (Wildman–Crippen MR) is 90.9 cm³/mol. The maximum absolute atomic E-state index is 9.83. The molecule has 3 aromatic rings. The van der Waals surface area contributed by atoms with Crippen LogP contribution in [0.5, 0.6) is 0 Å². The SMILES string of the molecule is CN(C)Cc1cccc(-c2c(CO)c(C#N)c3ccccn23)c1. The fourth-order valence-electron chi connectivity index (χ4n) is 3.03. The molecule has 1 N–H and O–H groups in total. The zero-order valence-electron chi connectivity index (χ0n) is 13.3. The molecule has 0 saturated heterocycles. The maximum Gasteiger partial charge on any atom is 0.102 e. The maximum atomic E-state index is 9.83. The van der Waals surface area contributed by atoms with E-state index in [1.807, 2.05) is 55.0 Å². The second-order valence-electron chi connectivity index (χ2n) is 5.87. The summed E-state index contributed by atoms with van der Waals surface area (Å²) in [6.07, 6.45) is 1.93. The third kappa shape index (κ3) is 2.72. The van der Waals surface area contributed by atoms with Crippen molar-refractivity contribution in [3.63, 3.8) is 0 Å². The van der Waals surface area contributed by atoms with Gasteiger partial charge >= 0.3 is 0 Å². The van der Waals surface area contributed by atoms with Crippen LogP contribution in [0.1, 0.15) is 16.7 Å². The minimum atomic E-state index is -0.155. The Kier molecular flexibility index (Phi) is 4.16. The predicted octanol–water partition coefficient (Wildman–Crippen LogP) is 3.03. The van der Waals surface area contributed by atoms with Crippen molar-refractivity contribution in [2.24, 2.45) is 0 Å². The molecule has 0 spiro atoms. The average molecular weight is 305 g/mol. The van der Waals surface area contributed by atoms with Gasteiger partial charge in [-0.2, -0.15) is 5.26 Å². The number of pyridine rings is 1. The number of nitriles is 1. The summed E-state index contributed by atoms with van der Waals surface area (Å²) in [7, 11) is 4.07. The zero-order valence-corrected chi connectivity index (χ0v) is 13.3. The number of aliphatic hydroxyl groups excluding tert-OH is 1. The van der Waals surface area contributed by atoms with Gasteiger partial charge in [-0.25, -0.2) is 0 Å². The number of benzene rings is 1. The van der Waals surface area contributed by atoms with E-state index in [2.05, 4.69) is 23.1 Å². The zero-order chi connectivity index (χ0) is 16.4. The Labute approximate surface area is 135 Å². The van der Waals surface area contributed by atoms with Crippen molar-refractivity contribution in [1.82, 2.24) is 9.30 Å². The third-order valence-corrected chi connectivity index (χ3v) is 3.91. The lowest BCUT2D eigenvalue weighted by Crippen LogP contribution is -2.10. The van der Waals surface area contributed by atoms with Crippen LogP contribution in [0.3, 0.4) is 0 Å². The van der Waals surface area contributed by atoms with E-state index in [1.165, 1.54) is 5.56 Å². The van der Waals surface area contributed by atoms with Crippen molar-refractivity contribution in [2.45, 2.75) is 13.2 Å². The highest BCUT2D eigenvalue weighted by Crippen LogP contribution is 2.32. The van der Waals surface area contributed by atoms with E-state index in [9.17, 15) is 10.4 Å². The molecule has 23 heavy (non-hydrogen) atoms. The molecule has 3 rings (SSSR count). The van der Waals surface area contributed by atoms with Crippen molar-refractivity contribution >= 4 is 5.52 Å². The molecule has 0 saturated carbocycles. The first kappa shape index (κ1) is 15.3. The number of nitrogens with zero attached hydrogens (tertiary/aromatic N) is 3. The van der Waals surface area contributed by atoms with Gasteiger partial charge in [0, 0.05) is 18.3 Å². The standard InChI is InChI=1S/C19H19N3O/c1-21(2)12-14-6-5-7-15(10-14)19-17(13-23)16(11-20)18-8-3-4-9-22(18)19/h3-10,23H,12-13H2,1-2H3. The van der Waals surface area contributed by atoms with E-state index in [4.69, 9.17) is 0 Å². The van der Waals surface area contributed by atoms with Crippen LogP contribution in [0.4, 0.5) is 0 Å². The molecular weight excluding hydrogens is 286 g/mol. The molecule has 2 aromatic heterocycles. The molecule has 0 unspecified atom stereocenters. The molecule has 2 heterocycles. The molecule has 116 valence electrons. The highest BCUT2D eigenvalue weighted by Gasteiger charge is 2.18. The summed E-state index contributed by atoms with van der Waals surface area (Å²) >= 11 is 0. The Morgan fingerprint density at radius 1 is 1.17 bits per heavy atom. The van der Waals surface area contributed by atoms with Crippen molar-refractivity contribution in [2.75, 3.05) is 14.1 Å². The lowest BCUT2D eigenvalue weighted by molar-refractivity contribution is 0.282. The van der Waals surface area contributed by atoms with Gasteiger partial charge in [0.2, 0.25) is 0 Å². The van der Waals surface area contributed by atoms with Gasteiger partial charge in [-0.05, 0) is 43.4 Å². The topological polar surface area (TPSA) is 51.7 Å². The monoisotopic (exact) mass is 305 g/mol. The fraction of sp³-hybridized carbons (Fsp3) is 0.211. The van der Waals surface area contributed by atoms with Crippen LogP contribution in [0.15, 0.2) is 48.7 Å². The summed E-state index contributed by atoms with van der Waals surface area (Å²) in [5.74, 6) is 0. The van der Waals surface area contributed by atoms with Crippen molar-refractivity contribution in [3.8, 4) is 17.3 Å². The number of aliphatic hydroxyl groups is 1. The van der Waals surface area contributed by atoms with Crippen LogP contribution in [0, 0.1) is 11.3 Å². The first-order valence-electron chi connectivity index (χ1n) is 7.52. The molecule has 0 bridgehead atoms. The first-order valence-corrected chi connectivity index (χ1v) is 7.52. The summed E-state index contributed by atoms with van der Waals surface area (Å²) in [6, 6.07) is 16.2. The minimum Gasteiger partial charge on any atom is -0.392 e. The third-order valence-electron chi connectivity index (χ3n) is 3.91. The number of fused-ring (bicyclic) bond motifs is 1. The summed E-state index contributed by atoms with van der Waals surface area (Å²) < 4.78 is 1.98. The summed E-state index contributed by atoms with van der Waals surface area (Å²) in [4.78, 5) is 2.11. The normalized spacial score (nSPS) is 11.1. The minimum absolute atomic E-state index is 0.155. The highest BCUT2D eigenvalue weighted by atomic mass is 16.3. The van der Waals surface area contributed by atoms with Crippen molar-refractivity contribution in [3.05, 3.63) is 65.4 Å². The smallest absolute Gasteiger partial charge is 0.102 e. The quantitative estimate of drug-likeness (QED) is 0.806. The largest absolute Gasteiger partial charge is 0.392 e. The molecule has 4 heteroatoms. The van der Waals surface area contributed by atoms with E-state index in [-0.39, 0.29) is 6.61 Å². The molecule has 0 aliphatic rings. The second-order valence-corrected chi connectivity index (χ2v) is 5.87. The number of rotatable bonds is 4. The first-order chi connectivity index (χ1) is 11.2. The Balaban J connectivity index is 2.26. The molecular formula is C19H19N3O. The van der Waals surface area contributed by atoms with E-state index in [1.54, 1.807) is 0 Å². The van der Waals surface area contributed by atoms with Gasteiger partial charge in [0.25, 0.3) is 0 Å². The van der Waals surface area contributed by atoms with Gasteiger partial charge in [0.15, 0.2) is 0 Å². The average Bonchev–Trinajstić information content (AvgIpc) is 2.87. The Bertz CT molecular complexity index is 887. The van der Waals surface area contributed by atoms with Gasteiger partial charge in [-0.15, -0.1) is 0 Å². The summed E-state index contributed by atoms with van der Waals surface area (Å²) in [6.45, 7) is 0.689. The van der Waals surface area contributed by atoms with Gasteiger partial charge in [0.05, 0.1) is 23.4 Å². The van der Waals surface area contributed by atoms with E-state index < -0.39 is 0 Å². The molecule has 0 aliphatic heterocycles. The van der Waals surface area contributed by atoms with E-state index in [0.717, 1.165) is 23.3 Å². The Morgan fingerprint density at radius 3 is 2.70 bits per heavy atom. The van der Waals surface area contributed by atoms with Crippen LogP contribution in [-0.2, 0) is 13.2 Å². The van der Waals surface area contributed by atoms with Crippen molar-refractivity contribution in [1.29, 1.82) is 5.26 Å². The Hall–Kier alpha value is -2.61. The second kappa shape index (κ2) is 6.25. The lowest BCUT2D eigenvalue weighted by Gasteiger charge is -2.12. The summed E-state index contributed by atoms with van der Waals surface area (Å²) in [5, 5.41) is 19.3. The van der Waals surface area contributed by atoms with Gasteiger partial charge in [0.1, 0.15) is 6.07 Å². The number of hydrogen-bond acceptors (Lipinski definition) is 3. The molecule has 4 nitrogen and oxygen atoms in total.